The number of para-hydroxylation sites is 2. The molecule has 0 unspecified atom stereocenters. The fraction of sp³-hybridized carbons (Fsp3) is 0.364. The van der Waals surface area contributed by atoms with Crippen molar-refractivity contribution in [2.75, 3.05) is 18.0 Å². The molecular formula is C22H25N3O. The third-order valence-corrected chi connectivity index (χ3v) is 5.19. The van der Waals surface area contributed by atoms with Crippen molar-refractivity contribution in [3.8, 4) is 11.6 Å². The van der Waals surface area contributed by atoms with Gasteiger partial charge in [-0.2, -0.15) is 0 Å². The van der Waals surface area contributed by atoms with E-state index in [-0.39, 0.29) is 0 Å². The van der Waals surface area contributed by atoms with E-state index in [1.54, 1.807) is 0 Å². The summed E-state index contributed by atoms with van der Waals surface area (Å²) in [6, 6.07) is 14.1. The van der Waals surface area contributed by atoms with Crippen LogP contribution in [0.5, 0.6) is 11.6 Å². The third kappa shape index (κ3) is 3.36. The number of fused-ring (bicyclic) bond motifs is 1. The summed E-state index contributed by atoms with van der Waals surface area (Å²) in [6.45, 7) is 6.21. The normalized spacial score (nSPS) is 15.1. The van der Waals surface area contributed by atoms with Crippen LogP contribution in [0.25, 0.3) is 11.0 Å². The van der Waals surface area contributed by atoms with Crippen molar-refractivity contribution in [3.05, 3.63) is 53.6 Å². The summed E-state index contributed by atoms with van der Waals surface area (Å²) in [4.78, 5) is 12.1. The zero-order valence-electron chi connectivity index (χ0n) is 15.5. The Bertz CT molecular complexity index is 914. The number of nitrogens with zero attached hydrogens (tertiary/aromatic N) is 3. The zero-order valence-corrected chi connectivity index (χ0v) is 15.5. The van der Waals surface area contributed by atoms with Crippen molar-refractivity contribution in [2.24, 2.45) is 0 Å². The molecule has 0 aliphatic carbocycles. The molecule has 4 rings (SSSR count). The Morgan fingerprint density at radius 1 is 0.808 bits per heavy atom. The number of anilines is 1. The summed E-state index contributed by atoms with van der Waals surface area (Å²) >= 11 is 0. The van der Waals surface area contributed by atoms with E-state index in [9.17, 15) is 0 Å². The first-order valence-electron chi connectivity index (χ1n) is 9.48. The highest BCUT2D eigenvalue weighted by atomic mass is 16.5. The van der Waals surface area contributed by atoms with Crippen LogP contribution in [0.15, 0.2) is 42.5 Å². The maximum atomic E-state index is 6.31. The van der Waals surface area contributed by atoms with Gasteiger partial charge in [0.15, 0.2) is 5.82 Å². The minimum atomic E-state index is 0.610. The van der Waals surface area contributed by atoms with Crippen LogP contribution in [-0.4, -0.2) is 23.1 Å². The van der Waals surface area contributed by atoms with Gasteiger partial charge in [0.25, 0.3) is 5.88 Å². The Morgan fingerprint density at radius 2 is 1.50 bits per heavy atom. The van der Waals surface area contributed by atoms with Crippen molar-refractivity contribution >= 4 is 16.9 Å². The molecule has 0 atom stereocenters. The molecule has 26 heavy (non-hydrogen) atoms. The number of aromatic nitrogens is 2. The second-order valence-corrected chi connectivity index (χ2v) is 7.04. The van der Waals surface area contributed by atoms with E-state index >= 15 is 0 Å². The Balaban J connectivity index is 1.80. The molecule has 4 heteroatoms. The van der Waals surface area contributed by atoms with Crippen LogP contribution in [0.4, 0.5) is 5.82 Å². The van der Waals surface area contributed by atoms with Gasteiger partial charge >= 0.3 is 0 Å². The number of hydrogen-bond acceptors (Lipinski definition) is 4. The van der Waals surface area contributed by atoms with Gasteiger partial charge in [-0.15, -0.1) is 0 Å². The van der Waals surface area contributed by atoms with E-state index in [1.807, 2.05) is 36.4 Å². The second kappa shape index (κ2) is 7.32. The fourth-order valence-corrected chi connectivity index (χ4v) is 3.47. The molecule has 1 aromatic heterocycles. The highest BCUT2D eigenvalue weighted by molar-refractivity contribution is 5.77. The van der Waals surface area contributed by atoms with Crippen LogP contribution in [0.2, 0.25) is 0 Å². The van der Waals surface area contributed by atoms with Gasteiger partial charge in [-0.3, -0.25) is 0 Å². The van der Waals surface area contributed by atoms with Gasteiger partial charge in [-0.1, -0.05) is 37.1 Å². The summed E-state index contributed by atoms with van der Waals surface area (Å²) in [7, 11) is 0. The lowest BCUT2D eigenvalue weighted by molar-refractivity contribution is 0.457. The molecule has 134 valence electrons. The van der Waals surface area contributed by atoms with E-state index in [0.717, 1.165) is 41.3 Å². The van der Waals surface area contributed by atoms with Gasteiger partial charge in [0.05, 0.1) is 11.0 Å². The van der Waals surface area contributed by atoms with Gasteiger partial charge in [-0.25, -0.2) is 9.97 Å². The van der Waals surface area contributed by atoms with E-state index in [1.165, 1.54) is 31.2 Å². The molecule has 2 aromatic carbocycles. The summed E-state index contributed by atoms with van der Waals surface area (Å²) in [5.74, 6) is 2.33. The molecule has 0 N–H and O–H groups in total. The molecular weight excluding hydrogens is 322 g/mol. The molecule has 0 spiro atoms. The number of ether oxygens (including phenoxy) is 1. The molecule has 0 saturated carbocycles. The summed E-state index contributed by atoms with van der Waals surface area (Å²) in [5, 5.41) is 0. The van der Waals surface area contributed by atoms with Crippen molar-refractivity contribution < 1.29 is 4.74 Å². The Labute approximate surface area is 154 Å². The van der Waals surface area contributed by atoms with E-state index < -0.39 is 0 Å². The van der Waals surface area contributed by atoms with Gasteiger partial charge in [0, 0.05) is 13.1 Å². The second-order valence-electron chi connectivity index (χ2n) is 7.04. The molecule has 1 saturated heterocycles. The quantitative estimate of drug-likeness (QED) is 0.634. The maximum absolute atomic E-state index is 6.31. The fourth-order valence-electron chi connectivity index (χ4n) is 3.47. The lowest BCUT2D eigenvalue weighted by Crippen LogP contribution is -2.25. The lowest BCUT2D eigenvalue weighted by Gasteiger charge is -2.24. The molecule has 4 nitrogen and oxygen atoms in total. The number of rotatable bonds is 3. The van der Waals surface area contributed by atoms with Crippen LogP contribution in [0.1, 0.15) is 36.8 Å². The lowest BCUT2D eigenvalue weighted by atomic mass is 10.1. The predicted octanol–water partition coefficient (Wildman–Crippen LogP) is 5.42. The van der Waals surface area contributed by atoms with E-state index in [0.29, 0.717) is 5.88 Å². The standard InChI is InChI=1S/C22H25N3O/c1-16-10-9-13-20(17(16)2)26-22-21(25-14-7-3-4-8-15-25)23-18-11-5-6-12-19(18)24-22/h5-6,9-13H,3-4,7-8,14-15H2,1-2H3. The molecule has 3 aromatic rings. The summed E-state index contributed by atoms with van der Waals surface area (Å²) in [5.41, 5.74) is 4.14. The smallest absolute Gasteiger partial charge is 0.263 e. The number of aryl methyl sites for hydroxylation is 1. The first-order valence-corrected chi connectivity index (χ1v) is 9.48. The summed E-state index contributed by atoms with van der Waals surface area (Å²) < 4.78 is 6.31. The zero-order chi connectivity index (χ0) is 17.9. The maximum Gasteiger partial charge on any atom is 0.263 e. The molecule has 0 radical (unpaired) electrons. The van der Waals surface area contributed by atoms with Crippen LogP contribution < -0.4 is 9.64 Å². The van der Waals surface area contributed by atoms with Crippen LogP contribution in [-0.2, 0) is 0 Å². The van der Waals surface area contributed by atoms with Gasteiger partial charge in [-0.05, 0) is 56.0 Å². The molecule has 1 fully saturated rings. The first-order chi connectivity index (χ1) is 12.7. The van der Waals surface area contributed by atoms with Crippen LogP contribution >= 0.6 is 0 Å². The van der Waals surface area contributed by atoms with Crippen LogP contribution in [0, 0.1) is 13.8 Å². The SMILES string of the molecule is Cc1cccc(Oc2nc3ccccc3nc2N2CCCCCC2)c1C. The highest BCUT2D eigenvalue weighted by Crippen LogP contribution is 2.34. The average molecular weight is 347 g/mol. The van der Waals surface area contributed by atoms with Crippen molar-refractivity contribution in [1.29, 1.82) is 0 Å². The predicted molar refractivity (Wildman–Crippen MR) is 106 cm³/mol. The van der Waals surface area contributed by atoms with Crippen LogP contribution in [0.3, 0.4) is 0 Å². The van der Waals surface area contributed by atoms with Crippen molar-refractivity contribution in [1.82, 2.24) is 9.97 Å². The molecule has 2 heterocycles. The minimum absolute atomic E-state index is 0.610. The molecule has 0 bridgehead atoms. The minimum Gasteiger partial charge on any atom is -0.436 e. The Kier molecular flexibility index (Phi) is 4.74. The molecule has 1 aliphatic heterocycles. The average Bonchev–Trinajstić information content (AvgIpc) is 2.94. The number of hydrogen-bond donors (Lipinski definition) is 0. The Morgan fingerprint density at radius 3 is 2.23 bits per heavy atom. The van der Waals surface area contributed by atoms with Crippen molar-refractivity contribution in [2.45, 2.75) is 39.5 Å². The number of benzene rings is 2. The first kappa shape index (κ1) is 16.8. The molecule has 1 aliphatic rings. The largest absolute Gasteiger partial charge is 0.436 e. The van der Waals surface area contributed by atoms with Gasteiger partial charge in [0.2, 0.25) is 0 Å². The van der Waals surface area contributed by atoms with E-state index in [4.69, 9.17) is 14.7 Å². The van der Waals surface area contributed by atoms with Gasteiger partial charge < -0.3 is 9.64 Å². The monoisotopic (exact) mass is 347 g/mol. The van der Waals surface area contributed by atoms with Gasteiger partial charge in [0.1, 0.15) is 5.75 Å². The highest BCUT2D eigenvalue weighted by Gasteiger charge is 2.20. The molecule has 0 amide bonds. The van der Waals surface area contributed by atoms with E-state index in [2.05, 4.69) is 24.8 Å². The summed E-state index contributed by atoms with van der Waals surface area (Å²) in [6.07, 6.45) is 4.95. The topological polar surface area (TPSA) is 38.3 Å². The Hall–Kier alpha value is -2.62. The van der Waals surface area contributed by atoms with Crippen molar-refractivity contribution in [3.63, 3.8) is 0 Å². The third-order valence-electron chi connectivity index (χ3n) is 5.19.